The van der Waals surface area contributed by atoms with Crippen LogP contribution in [0.2, 0.25) is 0 Å². The Morgan fingerprint density at radius 1 is 1.35 bits per heavy atom. The van der Waals surface area contributed by atoms with Gasteiger partial charge in [0.15, 0.2) is 5.78 Å². The maximum Gasteiger partial charge on any atom is 0.242 e. The van der Waals surface area contributed by atoms with Crippen molar-refractivity contribution in [3.63, 3.8) is 0 Å². The van der Waals surface area contributed by atoms with Crippen LogP contribution < -0.4 is 10.6 Å². The molecule has 0 radical (unpaired) electrons. The van der Waals surface area contributed by atoms with E-state index in [1.165, 1.54) is 11.6 Å². The van der Waals surface area contributed by atoms with Crippen molar-refractivity contribution in [1.82, 2.24) is 25.6 Å². The van der Waals surface area contributed by atoms with Crippen LogP contribution in [0.4, 0.5) is 0 Å². The summed E-state index contributed by atoms with van der Waals surface area (Å²) in [6.07, 6.45) is 3.23. The van der Waals surface area contributed by atoms with Gasteiger partial charge in [-0.1, -0.05) is 46.3 Å². The number of hydrogen-bond donors (Lipinski definition) is 2. The first-order valence-corrected chi connectivity index (χ1v) is 8.34. The number of carbonyl (C=O) groups excluding carboxylic acids is 2. The third-order valence-electron chi connectivity index (χ3n) is 2.99. The minimum atomic E-state index is -0.409. The Labute approximate surface area is 142 Å². The molecule has 1 atom stereocenters. The average molecular weight is 329 g/mol. The molecule has 0 fully saturated rings. The first-order chi connectivity index (χ1) is 10.9. The third-order valence-corrected chi connectivity index (χ3v) is 2.99. The molecule has 136 valence electrons. The second-order valence-electron chi connectivity index (χ2n) is 5.46. The molecule has 1 heterocycles. The van der Waals surface area contributed by atoms with Crippen LogP contribution in [-0.4, -0.2) is 38.8 Å². The van der Waals surface area contributed by atoms with Crippen molar-refractivity contribution >= 4 is 11.7 Å². The highest BCUT2D eigenvalue weighted by molar-refractivity contribution is 5.87. The molecule has 0 unspecified atom stereocenters. The summed E-state index contributed by atoms with van der Waals surface area (Å²) in [6, 6.07) is -0.0445. The van der Waals surface area contributed by atoms with Crippen LogP contribution >= 0.6 is 0 Å². The summed E-state index contributed by atoms with van der Waals surface area (Å²) in [5.41, 5.74) is 0.785. The lowest BCUT2D eigenvalue weighted by Gasteiger charge is -2.14. The Hall–Kier alpha value is -1.76. The fraction of sp³-hybridized carbons (Fsp3) is 0.750. The lowest BCUT2D eigenvalue weighted by molar-refractivity contribution is -0.127. The molecule has 0 aliphatic rings. The van der Waals surface area contributed by atoms with Gasteiger partial charge in [-0.15, -0.1) is 5.10 Å². The summed E-state index contributed by atoms with van der Waals surface area (Å²) in [7, 11) is 0. The van der Waals surface area contributed by atoms with E-state index < -0.39 is 6.04 Å². The molecule has 7 heteroatoms. The van der Waals surface area contributed by atoms with E-state index in [9.17, 15) is 9.59 Å². The molecule has 1 aromatic rings. The number of ketones is 1. The standard InChI is InChI=1S/C14H25N5O2.C2H6.2H2/c1-5-6-13(11(4)20)16-14(21)9-19-8-12(17-18-19)7-15-10(2)3;1-2;;/h8,10,13,15H,5-7,9H2,1-4H3,(H,16,21);1-2H3;2*1H/t13-;;;/m0.../s1. The number of aromatic nitrogens is 3. The quantitative estimate of drug-likeness (QED) is 0.725. The minimum Gasteiger partial charge on any atom is -0.345 e. The van der Waals surface area contributed by atoms with Crippen LogP contribution in [0, 0.1) is 0 Å². The smallest absolute Gasteiger partial charge is 0.242 e. The van der Waals surface area contributed by atoms with E-state index in [1.54, 1.807) is 6.20 Å². The number of rotatable bonds is 9. The summed E-state index contributed by atoms with van der Waals surface area (Å²) in [5.74, 6) is -0.248. The highest BCUT2D eigenvalue weighted by Gasteiger charge is 2.16. The fourth-order valence-corrected chi connectivity index (χ4v) is 1.86. The number of Topliss-reactive ketones (excluding diaryl/α,β-unsaturated/α-hetero) is 1. The molecule has 0 bridgehead atoms. The second kappa shape index (κ2) is 11.8. The van der Waals surface area contributed by atoms with Gasteiger partial charge in [0.05, 0.1) is 17.9 Å². The normalized spacial score (nSPS) is 11.6. The molecule has 0 aliphatic heterocycles. The Balaban J connectivity index is -0.00000116. The predicted molar refractivity (Wildman–Crippen MR) is 95.1 cm³/mol. The van der Waals surface area contributed by atoms with Gasteiger partial charge >= 0.3 is 0 Å². The van der Waals surface area contributed by atoms with Crippen molar-refractivity contribution in [3.8, 4) is 0 Å². The number of nitrogens with one attached hydrogen (secondary N) is 2. The van der Waals surface area contributed by atoms with Crippen LogP contribution in [0.5, 0.6) is 0 Å². The minimum absolute atomic E-state index is 0. The average Bonchev–Trinajstić information content (AvgIpc) is 2.94. The molecule has 0 aromatic carbocycles. The van der Waals surface area contributed by atoms with Crippen LogP contribution in [0.1, 0.15) is 62.9 Å². The van der Waals surface area contributed by atoms with E-state index in [1.807, 2.05) is 34.6 Å². The molecule has 23 heavy (non-hydrogen) atoms. The van der Waals surface area contributed by atoms with Gasteiger partial charge in [-0.2, -0.15) is 0 Å². The maximum atomic E-state index is 11.9. The number of amides is 1. The molecular formula is C16H35N5O2. The van der Waals surface area contributed by atoms with Crippen LogP contribution in [0.15, 0.2) is 6.20 Å². The van der Waals surface area contributed by atoms with Crippen molar-refractivity contribution < 1.29 is 12.4 Å². The first kappa shape index (κ1) is 21.2. The van der Waals surface area contributed by atoms with Gasteiger partial charge in [0.1, 0.15) is 6.54 Å². The Morgan fingerprint density at radius 3 is 2.52 bits per heavy atom. The predicted octanol–water partition coefficient (Wildman–Crippen LogP) is 2.17. The molecule has 7 nitrogen and oxygen atoms in total. The number of nitrogens with zero attached hydrogens (tertiary/aromatic N) is 3. The van der Waals surface area contributed by atoms with Crippen LogP contribution in [0.3, 0.4) is 0 Å². The van der Waals surface area contributed by atoms with Crippen molar-refractivity contribution in [2.45, 2.75) is 79.6 Å². The second-order valence-corrected chi connectivity index (χ2v) is 5.46. The topological polar surface area (TPSA) is 88.9 Å². The molecule has 1 rings (SSSR count). The first-order valence-electron chi connectivity index (χ1n) is 8.34. The van der Waals surface area contributed by atoms with E-state index in [2.05, 4.69) is 20.9 Å². The van der Waals surface area contributed by atoms with Crippen LogP contribution in [-0.2, 0) is 22.7 Å². The maximum absolute atomic E-state index is 11.9. The molecule has 1 aromatic heterocycles. The van der Waals surface area contributed by atoms with Crippen molar-refractivity contribution in [1.29, 1.82) is 0 Å². The molecule has 0 spiro atoms. The van der Waals surface area contributed by atoms with E-state index in [-0.39, 0.29) is 21.1 Å². The third kappa shape index (κ3) is 9.07. The van der Waals surface area contributed by atoms with Gasteiger partial charge < -0.3 is 10.6 Å². The molecule has 0 saturated heterocycles. The Kier molecular flexibility index (Phi) is 10.9. The number of carbonyl (C=O) groups is 2. The number of hydrogen-bond acceptors (Lipinski definition) is 5. The van der Waals surface area contributed by atoms with E-state index in [0.29, 0.717) is 19.0 Å². The largest absolute Gasteiger partial charge is 0.345 e. The fourth-order valence-electron chi connectivity index (χ4n) is 1.86. The zero-order chi connectivity index (χ0) is 17.8. The highest BCUT2D eigenvalue weighted by atomic mass is 16.2. The lowest BCUT2D eigenvalue weighted by Crippen LogP contribution is -2.41. The van der Waals surface area contributed by atoms with Gasteiger partial charge in [-0.05, 0) is 13.3 Å². The highest BCUT2D eigenvalue weighted by Crippen LogP contribution is 1.99. The summed E-state index contributed by atoms with van der Waals surface area (Å²) in [5, 5.41) is 13.9. The zero-order valence-electron chi connectivity index (χ0n) is 15.2. The summed E-state index contributed by atoms with van der Waals surface area (Å²) < 4.78 is 1.48. The van der Waals surface area contributed by atoms with Gasteiger partial charge in [0.25, 0.3) is 0 Å². The van der Waals surface area contributed by atoms with Gasteiger partial charge in [-0.3, -0.25) is 9.59 Å². The van der Waals surface area contributed by atoms with Gasteiger partial charge in [-0.25, -0.2) is 4.68 Å². The summed E-state index contributed by atoms with van der Waals surface area (Å²) in [6.45, 7) is 12.3. The monoisotopic (exact) mass is 329 g/mol. The van der Waals surface area contributed by atoms with E-state index in [0.717, 1.165) is 12.1 Å². The SMILES string of the molecule is CC.CCC[C@H](NC(=O)Cn1cc(CNC(C)C)nn1)C(C)=O.[HH].[HH]. The van der Waals surface area contributed by atoms with Crippen molar-refractivity contribution in [2.75, 3.05) is 0 Å². The zero-order valence-corrected chi connectivity index (χ0v) is 15.2. The Morgan fingerprint density at radius 2 is 2.00 bits per heavy atom. The summed E-state index contributed by atoms with van der Waals surface area (Å²) >= 11 is 0. The van der Waals surface area contributed by atoms with Crippen molar-refractivity contribution in [3.05, 3.63) is 11.9 Å². The Bertz CT molecular complexity index is 481. The van der Waals surface area contributed by atoms with Crippen molar-refractivity contribution in [2.24, 2.45) is 0 Å². The van der Waals surface area contributed by atoms with Crippen LogP contribution in [0.25, 0.3) is 0 Å². The van der Waals surface area contributed by atoms with E-state index >= 15 is 0 Å². The lowest BCUT2D eigenvalue weighted by atomic mass is 10.1. The molecule has 2 N–H and O–H groups in total. The molecule has 0 aliphatic carbocycles. The van der Waals surface area contributed by atoms with E-state index in [4.69, 9.17) is 0 Å². The van der Waals surface area contributed by atoms with Gasteiger partial charge in [0.2, 0.25) is 5.91 Å². The summed E-state index contributed by atoms with van der Waals surface area (Å²) in [4.78, 5) is 23.3. The van der Waals surface area contributed by atoms with Gasteiger partial charge in [0, 0.05) is 15.4 Å². The molecule has 1 amide bonds. The molecular weight excluding hydrogens is 294 g/mol. The molecule has 0 saturated carbocycles.